The van der Waals surface area contributed by atoms with Crippen LogP contribution in [0.15, 0.2) is 89.8 Å². The van der Waals surface area contributed by atoms with Crippen LogP contribution < -0.4 is 10.1 Å². The molecule has 5 rings (SSSR count). The molecule has 0 unspecified atom stereocenters. The Bertz CT molecular complexity index is 1580. The van der Waals surface area contributed by atoms with Crippen LogP contribution in [0.25, 0.3) is 0 Å². The molecular weight excluding hydrogens is 570 g/mol. The van der Waals surface area contributed by atoms with Gasteiger partial charge < -0.3 is 9.47 Å². The van der Waals surface area contributed by atoms with E-state index >= 15 is 0 Å². The highest BCUT2D eigenvalue weighted by atomic mass is 32.2. The fourth-order valence-corrected chi connectivity index (χ4v) is 7.77. The minimum atomic E-state index is -4.00. The standard InChI is InChI=1S/C32H35N3O7S/c1-4-34(43(39,40)25-17-15-24(41-2)16-18-25)21-26-27-28(30(37)35(29(27)36)20-23-13-9-6-10-14-23)32(33-26,31(38)42-3)19-22-11-7-5-8-12-22/h5-18,26-28,33H,4,19-21H2,1-3H3/t26-,27+,28-,32-/m1/s1. The fraction of sp³-hybridized carbons (Fsp3) is 0.344. The predicted octanol–water partition coefficient (Wildman–Crippen LogP) is 2.63. The number of rotatable bonds is 11. The summed E-state index contributed by atoms with van der Waals surface area (Å²) in [6, 6.07) is 23.5. The summed E-state index contributed by atoms with van der Waals surface area (Å²) in [7, 11) is -1.26. The number of benzene rings is 3. The van der Waals surface area contributed by atoms with Gasteiger partial charge in [-0.05, 0) is 35.4 Å². The van der Waals surface area contributed by atoms with Crippen LogP contribution in [0.4, 0.5) is 0 Å². The Labute approximate surface area is 251 Å². The number of likely N-dealkylation sites (N-methyl/N-ethyl adjacent to an activating group) is 1. The summed E-state index contributed by atoms with van der Waals surface area (Å²) in [5.74, 6) is -3.19. The van der Waals surface area contributed by atoms with Crippen LogP contribution in [0.1, 0.15) is 18.1 Å². The van der Waals surface area contributed by atoms with E-state index in [1.807, 2.05) is 60.7 Å². The Balaban J connectivity index is 1.55. The molecule has 10 nitrogen and oxygen atoms in total. The number of esters is 1. The van der Waals surface area contributed by atoms with Crippen LogP contribution in [-0.4, -0.2) is 74.3 Å². The minimum absolute atomic E-state index is 0.0441. The first-order chi connectivity index (χ1) is 20.7. The van der Waals surface area contributed by atoms with E-state index in [9.17, 15) is 22.8 Å². The first-order valence-corrected chi connectivity index (χ1v) is 15.5. The van der Waals surface area contributed by atoms with Gasteiger partial charge in [-0.3, -0.25) is 24.6 Å². The van der Waals surface area contributed by atoms with E-state index in [1.54, 1.807) is 19.1 Å². The van der Waals surface area contributed by atoms with Crippen molar-refractivity contribution in [1.29, 1.82) is 0 Å². The Hall–Kier alpha value is -4.06. The van der Waals surface area contributed by atoms with E-state index in [1.165, 1.54) is 35.6 Å². The normalized spacial score (nSPS) is 23.4. The third kappa shape index (κ3) is 5.55. The molecule has 0 aliphatic carbocycles. The molecule has 0 radical (unpaired) electrons. The number of sulfonamides is 1. The highest BCUT2D eigenvalue weighted by Gasteiger charge is 2.68. The SMILES string of the molecule is CCN(C[C@H]1N[C@@](Cc2ccccc2)(C(=O)OC)[C@H]2C(=O)N(Cc3ccccc3)C(=O)[C@@H]12)S(=O)(=O)c1ccc(OC)cc1. The number of nitrogens with one attached hydrogen (secondary N) is 1. The fourth-order valence-electron chi connectivity index (χ4n) is 6.30. The smallest absolute Gasteiger partial charge is 0.327 e. The summed E-state index contributed by atoms with van der Waals surface area (Å²) in [6.07, 6.45) is 0.0771. The van der Waals surface area contributed by atoms with Gasteiger partial charge in [0.2, 0.25) is 21.8 Å². The van der Waals surface area contributed by atoms with Crippen molar-refractivity contribution in [3.8, 4) is 5.75 Å². The van der Waals surface area contributed by atoms with Crippen LogP contribution in [0.2, 0.25) is 0 Å². The molecule has 1 N–H and O–H groups in total. The molecule has 3 aromatic rings. The van der Waals surface area contributed by atoms with Gasteiger partial charge in [0, 0.05) is 25.6 Å². The first-order valence-electron chi connectivity index (χ1n) is 14.1. The van der Waals surface area contributed by atoms with Gasteiger partial charge in [0.25, 0.3) is 0 Å². The Kier molecular flexibility index (Phi) is 8.68. The van der Waals surface area contributed by atoms with Gasteiger partial charge in [-0.2, -0.15) is 4.31 Å². The molecule has 0 bridgehead atoms. The molecule has 4 atom stereocenters. The average Bonchev–Trinajstić information content (AvgIpc) is 3.48. The van der Waals surface area contributed by atoms with Gasteiger partial charge in [-0.1, -0.05) is 67.6 Å². The summed E-state index contributed by atoms with van der Waals surface area (Å²) >= 11 is 0. The molecule has 2 heterocycles. The lowest BCUT2D eigenvalue weighted by Crippen LogP contribution is -2.59. The van der Waals surface area contributed by atoms with Crippen LogP contribution in [0.3, 0.4) is 0 Å². The van der Waals surface area contributed by atoms with E-state index in [0.717, 1.165) is 11.1 Å². The van der Waals surface area contributed by atoms with Crippen molar-refractivity contribution < 1.29 is 32.3 Å². The number of fused-ring (bicyclic) bond motifs is 1. The molecule has 11 heteroatoms. The number of amides is 2. The van der Waals surface area contributed by atoms with E-state index in [4.69, 9.17) is 9.47 Å². The largest absolute Gasteiger partial charge is 0.497 e. The second-order valence-corrected chi connectivity index (χ2v) is 12.7. The van der Waals surface area contributed by atoms with Crippen molar-refractivity contribution in [3.05, 3.63) is 96.1 Å². The van der Waals surface area contributed by atoms with Gasteiger partial charge in [-0.25, -0.2) is 8.42 Å². The summed E-state index contributed by atoms with van der Waals surface area (Å²) < 4.78 is 39.2. The van der Waals surface area contributed by atoms with Gasteiger partial charge in [-0.15, -0.1) is 0 Å². The van der Waals surface area contributed by atoms with Crippen molar-refractivity contribution >= 4 is 27.8 Å². The van der Waals surface area contributed by atoms with E-state index < -0.39 is 51.2 Å². The van der Waals surface area contributed by atoms with Crippen LogP contribution in [0.5, 0.6) is 5.75 Å². The number of imide groups is 1. The Morgan fingerprint density at radius 1 is 0.907 bits per heavy atom. The number of methoxy groups -OCH3 is 2. The second kappa shape index (κ2) is 12.3. The maximum atomic E-state index is 14.1. The molecule has 0 saturated carbocycles. The highest BCUT2D eigenvalue weighted by Crippen LogP contribution is 2.46. The maximum Gasteiger partial charge on any atom is 0.327 e. The van der Waals surface area contributed by atoms with Gasteiger partial charge in [0.15, 0.2) is 0 Å². The topological polar surface area (TPSA) is 122 Å². The number of likely N-dealkylation sites (tertiary alicyclic amines) is 1. The third-order valence-electron chi connectivity index (χ3n) is 8.36. The van der Waals surface area contributed by atoms with Crippen LogP contribution in [0, 0.1) is 11.8 Å². The van der Waals surface area contributed by atoms with Crippen molar-refractivity contribution in [1.82, 2.24) is 14.5 Å². The zero-order chi connectivity index (χ0) is 30.8. The van der Waals surface area contributed by atoms with Gasteiger partial charge >= 0.3 is 5.97 Å². The average molecular weight is 606 g/mol. The Morgan fingerprint density at radius 3 is 2.07 bits per heavy atom. The van der Waals surface area contributed by atoms with Crippen molar-refractivity contribution in [2.24, 2.45) is 11.8 Å². The number of hydrogen-bond acceptors (Lipinski definition) is 8. The van der Waals surface area contributed by atoms with E-state index in [2.05, 4.69) is 5.32 Å². The summed E-state index contributed by atoms with van der Waals surface area (Å²) in [4.78, 5) is 43.1. The third-order valence-corrected chi connectivity index (χ3v) is 10.3. The lowest BCUT2D eigenvalue weighted by atomic mass is 9.76. The first kappa shape index (κ1) is 30.4. The molecule has 43 heavy (non-hydrogen) atoms. The Morgan fingerprint density at radius 2 is 1.51 bits per heavy atom. The van der Waals surface area contributed by atoms with E-state index in [0.29, 0.717) is 5.75 Å². The second-order valence-electron chi connectivity index (χ2n) is 10.8. The summed E-state index contributed by atoms with van der Waals surface area (Å²) in [5.41, 5.74) is -0.0650. The highest BCUT2D eigenvalue weighted by molar-refractivity contribution is 7.89. The molecule has 2 aliphatic heterocycles. The molecule has 2 saturated heterocycles. The van der Waals surface area contributed by atoms with Crippen LogP contribution in [-0.2, 0) is 42.1 Å². The summed E-state index contributed by atoms with van der Waals surface area (Å²) in [5, 5.41) is 3.29. The van der Waals surface area contributed by atoms with Gasteiger partial charge in [0.05, 0.1) is 37.5 Å². The summed E-state index contributed by atoms with van der Waals surface area (Å²) in [6.45, 7) is 1.71. The van der Waals surface area contributed by atoms with Crippen molar-refractivity contribution in [2.45, 2.75) is 36.4 Å². The monoisotopic (exact) mass is 605 g/mol. The minimum Gasteiger partial charge on any atom is -0.497 e. The molecule has 226 valence electrons. The van der Waals surface area contributed by atoms with Crippen molar-refractivity contribution in [2.75, 3.05) is 27.3 Å². The quantitative estimate of drug-likeness (QED) is 0.262. The number of carbonyl (C=O) groups excluding carboxylic acids is 3. The predicted molar refractivity (Wildman–Crippen MR) is 158 cm³/mol. The molecule has 2 aliphatic rings. The zero-order valence-corrected chi connectivity index (χ0v) is 25.1. The molecule has 0 aromatic heterocycles. The number of hydrogen-bond donors (Lipinski definition) is 1. The van der Waals surface area contributed by atoms with Gasteiger partial charge in [0.1, 0.15) is 11.3 Å². The molecule has 2 amide bonds. The number of nitrogens with zero attached hydrogens (tertiary/aromatic N) is 2. The molecule has 3 aromatic carbocycles. The van der Waals surface area contributed by atoms with E-state index in [-0.39, 0.29) is 31.0 Å². The number of ether oxygens (including phenoxy) is 2. The molecular formula is C32H35N3O7S. The maximum absolute atomic E-state index is 14.1. The van der Waals surface area contributed by atoms with Crippen molar-refractivity contribution in [3.63, 3.8) is 0 Å². The number of carbonyl (C=O) groups is 3. The zero-order valence-electron chi connectivity index (χ0n) is 24.3. The molecule has 2 fully saturated rings. The molecule has 0 spiro atoms. The van der Waals surface area contributed by atoms with Crippen LogP contribution >= 0.6 is 0 Å². The lowest BCUT2D eigenvalue weighted by Gasteiger charge is -2.33. The lowest BCUT2D eigenvalue weighted by molar-refractivity contribution is -0.154.